The van der Waals surface area contributed by atoms with Crippen molar-refractivity contribution in [3.05, 3.63) is 0 Å². The summed E-state index contributed by atoms with van der Waals surface area (Å²) in [6.07, 6.45) is 0. The molecule has 4 heteroatoms. The Morgan fingerprint density at radius 3 is 2.10 bits per heavy atom. The van der Waals surface area contributed by atoms with Crippen LogP contribution in [0.25, 0.3) is 0 Å². The van der Waals surface area contributed by atoms with Crippen LogP contribution in [-0.2, 0) is 12.6 Å². The van der Waals surface area contributed by atoms with E-state index < -0.39 is 0 Å². The van der Waals surface area contributed by atoms with Gasteiger partial charge in [-0.2, -0.15) is 0 Å². The first-order valence-corrected chi connectivity index (χ1v) is 3.77. The summed E-state index contributed by atoms with van der Waals surface area (Å²) in [6, 6.07) is 0. The van der Waals surface area contributed by atoms with Crippen molar-refractivity contribution >= 4 is 29.2 Å². The van der Waals surface area contributed by atoms with Gasteiger partial charge in [-0.15, -0.1) is 0 Å². The molecular formula is C6H12NNaS2. The van der Waals surface area contributed by atoms with Crippen molar-refractivity contribution in [3.8, 4) is 0 Å². The Kier molecular flexibility index (Phi) is 9.30. The van der Waals surface area contributed by atoms with Gasteiger partial charge < -0.3 is 29.7 Å². The quantitative estimate of drug-likeness (QED) is 0.290. The van der Waals surface area contributed by atoms with Gasteiger partial charge in [0, 0.05) is 13.6 Å². The van der Waals surface area contributed by atoms with E-state index in [1.165, 1.54) is 0 Å². The first-order chi connectivity index (χ1) is 4.04. The van der Waals surface area contributed by atoms with Crippen molar-refractivity contribution in [1.29, 1.82) is 0 Å². The third kappa shape index (κ3) is 7.22. The zero-order chi connectivity index (χ0) is 7.44. The van der Waals surface area contributed by atoms with Crippen LogP contribution in [-0.4, -0.2) is 22.8 Å². The Morgan fingerprint density at radius 2 is 2.00 bits per heavy atom. The summed E-state index contributed by atoms with van der Waals surface area (Å²) in [7, 11) is 1.93. The molecule has 0 amide bonds. The summed E-state index contributed by atoms with van der Waals surface area (Å²) in [5.74, 6) is 0.635. The average Bonchev–Trinajstić information content (AvgIpc) is 1.63. The summed E-state index contributed by atoms with van der Waals surface area (Å²) >= 11 is 9.55. The van der Waals surface area contributed by atoms with Crippen molar-refractivity contribution < 1.29 is 29.6 Å². The number of hydrogen-bond donors (Lipinski definition) is 0. The number of thiocarbonyl (C=S) groups is 1. The van der Waals surface area contributed by atoms with Crippen LogP contribution in [0.4, 0.5) is 0 Å². The van der Waals surface area contributed by atoms with Gasteiger partial charge >= 0.3 is 29.6 Å². The van der Waals surface area contributed by atoms with Crippen molar-refractivity contribution in [2.75, 3.05) is 13.6 Å². The van der Waals surface area contributed by atoms with Crippen molar-refractivity contribution in [2.45, 2.75) is 13.8 Å². The van der Waals surface area contributed by atoms with E-state index in [0.717, 1.165) is 6.54 Å². The van der Waals surface area contributed by atoms with Gasteiger partial charge in [-0.05, 0) is 5.92 Å². The second-order valence-corrected chi connectivity index (χ2v) is 3.57. The predicted molar refractivity (Wildman–Crippen MR) is 47.4 cm³/mol. The van der Waals surface area contributed by atoms with E-state index in [2.05, 4.69) is 13.8 Å². The molecule has 0 heterocycles. The molecule has 0 spiro atoms. The van der Waals surface area contributed by atoms with Crippen LogP contribution >= 0.6 is 12.2 Å². The minimum atomic E-state index is 0. The van der Waals surface area contributed by atoms with E-state index in [0.29, 0.717) is 10.2 Å². The molecule has 0 aromatic carbocycles. The monoisotopic (exact) mass is 185 g/mol. The van der Waals surface area contributed by atoms with Crippen LogP contribution in [0, 0.1) is 5.92 Å². The molecule has 0 fully saturated rings. The van der Waals surface area contributed by atoms with Crippen LogP contribution in [0.3, 0.4) is 0 Å². The molecular weight excluding hydrogens is 173 g/mol. The van der Waals surface area contributed by atoms with Crippen LogP contribution in [0.15, 0.2) is 0 Å². The van der Waals surface area contributed by atoms with E-state index in [9.17, 15) is 0 Å². The molecule has 0 rings (SSSR count). The van der Waals surface area contributed by atoms with Crippen molar-refractivity contribution in [2.24, 2.45) is 5.92 Å². The van der Waals surface area contributed by atoms with Gasteiger partial charge in [0.15, 0.2) is 0 Å². The normalized spacial score (nSPS) is 8.80. The molecule has 0 aliphatic rings. The van der Waals surface area contributed by atoms with E-state index in [-0.39, 0.29) is 29.6 Å². The summed E-state index contributed by atoms with van der Waals surface area (Å²) in [6.45, 7) is 5.25. The summed E-state index contributed by atoms with van der Waals surface area (Å²) in [5, 5.41) is 0. The van der Waals surface area contributed by atoms with Crippen LogP contribution in [0.5, 0.6) is 0 Å². The topological polar surface area (TPSA) is 3.24 Å². The van der Waals surface area contributed by atoms with Gasteiger partial charge in [-0.3, -0.25) is 0 Å². The molecule has 0 bridgehead atoms. The Bertz CT molecular complexity index is 106. The maximum Gasteiger partial charge on any atom is 1.00 e. The Hall–Kier alpha value is 1.11. The number of rotatable bonds is 2. The molecule has 10 heavy (non-hydrogen) atoms. The molecule has 0 N–H and O–H groups in total. The van der Waals surface area contributed by atoms with Crippen LogP contribution in [0.1, 0.15) is 13.8 Å². The largest absolute Gasteiger partial charge is 1.00 e. The van der Waals surface area contributed by atoms with E-state index in [1.54, 1.807) is 0 Å². The second-order valence-electron chi connectivity index (χ2n) is 2.54. The summed E-state index contributed by atoms with van der Waals surface area (Å²) in [5.41, 5.74) is 0. The van der Waals surface area contributed by atoms with E-state index >= 15 is 0 Å². The fourth-order valence-corrected chi connectivity index (χ4v) is 0.771. The van der Waals surface area contributed by atoms with Crippen LogP contribution in [0.2, 0.25) is 0 Å². The van der Waals surface area contributed by atoms with Gasteiger partial charge in [0.05, 0.1) is 0 Å². The molecule has 0 aliphatic carbocycles. The fourth-order valence-electron chi connectivity index (χ4n) is 0.622. The molecule has 0 unspecified atom stereocenters. The van der Waals surface area contributed by atoms with Crippen molar-refractivity contribution in [3.63, 3.8) is 0 Å². The minimum absolute atomic E-state index is 0. The summed E-state index contributed by atoms with van der Waals surface area (Å²) in [4.78, 5) is 1.91. The molecule has 0 saturated heterocycles. The Balaban J connectivity index is 0. The van der Waals surface area contributed by atoms with Crippen LogP contribution < -0.4 is 29.6 Å². The molecule has 0 saturated carbocycles. The number of nitrogens with zero attached hydrogens (tertiary/aromatic N) is 1. The molecule has 0 aromatic rings. The molecule has 0 radical (unpaired) electrons. The van der Waals surface area contributed by atoms with E-state index in [1.807, 2.05) is 11.9 Å². The molecule has 0 atom stereocenters. The first-order valence-electron chi connectivity index (χ1n) is 2.96. The summed E-state index contributed by atoms with van der Waals surface area (Å²) < 4.78 is 0.559. The zero-order valence-corrected chi connectivity index (χ0v) is 10.7. The van der Waals surface area contributed by atoms with Gasteiger partial charge in [0.25, 0.3) is 0 Å². The molecule has 1 nitrogen and oxygen atoms in total. The van der Waals surface area contributed by atoms with Crippen molar-refractivity contribution in [1.82, 2.24) is 4.90 Å². The number of hydrogen-bond acceptors (Lipinski definition) is 2. The molecule has 54 valence electrons. The third-order valence-corrected chi connectivity index (χ3v) is 1.57. The smallest absolute Gasteiger partial charge is 0.411 e. The molecule has 0 aliphatic heterocycles. The average molecular weight is 185 g/mol. The SMILES string of the molecule is CC(C)CN(C)C(=S)[S-].[Na+]. The second kappa shape index (κ2) is 6.80. The van der Waals surface area contributed by atoms with Gasteiger partial charge in [-0.1, -0.05) is 18.2 Å². The Morgan fingerprint density at radius 1 is 1.60 bits per heavy atom. The maximum atomic E-state index is 4.78. The first kappa shape index (κ1) is 13.7. The van der Waals surface area contributed by atoms with Gasteiger partial charge in [0.2, 0.25) is 0 Å². The van der Waals surface area contributed by atoms with E-state index in [4.69, 9.17) is 24.8 Å². The Labute approximate surface area is 96.3 Å². The predicted octanol–water partition coefficient (Wildman–Crippen LogP) is -1.59. The third-order valence-electron chi connectivity index (χ3n) is 0.951. The molecule has 0 aromatic heterocycles. The van der Waals surface area contributed by atoms with Gasteiger partial charge in [-0.25, -0.2) is 0 Å². The standard InChI is InChI=1S/C6H13NS2.Na/c1-5(2)4-7(3)6(8)9;/h5H,4H2,1-3H3,(H,8,9);/q;+1/p-1. The fraction of sp³-hybridized carbons (Fsp3) is 0.833. The zero-order valence-electron chi connectivity index (χ0n) is 7.05. The minimum Gasteiger partial charge on any atom is -0.411 e. The van der Waals surface area contributed by atoms with Gasteiger partial charge in [0.1, 0.15) is 0 Å². The maximum absolute atomic E-state index is 4.78.